The van der Waals surface area contributed by atoms with Gasteiger partial charge in [0.15, 0.2) is 0 Å². The van der Waals surface area contributed by atoms with Gasteiger partial charge in [0.2, 0.25) is 5.91 Å². The molecule has 0 unspecified atom stereocenters. The number of esters is 1. The van der Waals surface area contributed by atoms with Crippen LogP contribution in [-0.2, 0) is 9.53 Å². The summed E-state index contributed by atoms with van der Waals surface area (Å²) in [5.41, 5.74) is 0.686. The first-order chi connectivity index (χ1) is 12.5. The number of nitrogens with one attached hydrogen (secondary N) is 1. The van der Waals surface area contributed by atoms with Gasteiger partial charge in [-0.05, 0) is 48.9 Å². The predicted octanol–water partition coefficient (Wildman–Crippen LogP) is 3.93. The lowest BCUT2D eigenvalue weighted by molar-refractivity contribution is -0.116. The van der Waals surface area contributed by atoms with Crippen LogP contribution in [0, 0.1) is 0 Å². The molecule has 0 saturated carbocycles. The van der Waals surface area contributed by atoms with E-state index >= 15 is 0 Å². The first-order valence-electron chi connectivity index (χ1n) is 7.98. The van der Waals surface area contributed by atoms with Crippen molar-refractivity contribution < 1.29 is 23.8 Å². The van der Waals surface area contributed by atoms with Crippen LogP contribution in [0.15, 0.2) is 42.5 Å². The van der Waals surface area contributed by atoms with Crippen molar-refractivity contribution in [3.05, 3.63) is 53.1 Å². The van der Waals surface area contributed by atoms with Crippen LogP contribution in [-0.4, -0.2) is 32.7 Å². The normalized spacial score (nSPS) is 10.1. The van der Waals surface area contributed by atoms with E-state index < -0.39 is 5.97 Å². The average Bonchev–Trinajstić information content (AvgIpc) is 2.66. The molecule has 2 aromatic rings. The zero-order valence-electron chi connectivity index (χ0n) is 14.6. The van der Waals surface area contributed by atoms with E-state index in [0.29, 0.717) is 24.5 Å². The summed E-state index contributed by atoms with van der Waals surface area (Å²) >= 11 is 5.95. The quantitative estimate of drug-likeness (QED) is 0.557. The molecule has 0 aliphatic heterocycles. The van der Waals surface area contributed by atoms with E-state index in [1.807, 2.05) is 12.1 Å². The van der Waals surface area contributed by atoms with Crippen LogP contribution in [0.25, 0.3) is 0 Å². The summed E-state index contributed by atoms with van der Waals surface area (Å²) in [7, 11) is 2.87. The Labute approximate surface area is 157 Å². The lowest BCUT2D eigenvalue weighted by atomic mass is 10.2. The van der Waals surface area contributed by atoms with Crippen molar-refractivity contribution in [2.24, 2.45) is 0 Å². The Morgan fingerprint density at radius 3 is 2.38 bits per heavy atom. The van der Waals surface area contributed by atoms with E-state index in [2.05, 4.69) is 10.1 Å². The number of anilines is 1. The Hall–Kier alpha value is -2.73. The summed E-state index contributed by atoms with van der Waals surface area (Å²) in [4.78, 5) is 23.6. The van der Waals surface area contributed by atoms with Crippen LogP contribution in [0.2, 0.25) is 5.02 Å². The van der Waals surface area contributed by atoms with Crippen molar-refractivity contribution in [2.75, 3.05) is 26.1 Å². The lowest BCUT2D eigenvalue weighted by Gasteiger charge is -2.09. The lowest BCUT2D eigenvalue weighted by Crippen LogP contribution is -2.13. The molecule has 2 aromatic carbocycles. The number of benzene rings is 2. The van der Waals surface area contributed by atoms with Gasteiger partial charge in [-0.1, -0.05) is 11.6 Å². The van der Waals surface area contributed by atoms with Crippen molar-refractivity contribution in [1.29, 1.82) is 0 Å². The smallest absolute Gasteiger partial charge is 0.339 e. The predicted molar refractivity (Wildman–Crippen MR) is 99.1 cm³/mol. The van der Waals surface area contributed by atoms with Gasteiger partial charge in [-0.25, -0.2) is 4.79 Å². The SMILES string of the molecule is COC(=O)c1cc(NC(=O)CCCOc2ccc(OC)cc2)ccc1Cl. The zero-order valence-corrected chi connectivity index (χ0v) is 15.3. The van der Waals surface area contributed by atoms with E-state index in [0.717, 1.165) is 5.75 Å². The number of hydrogen-bond acceptors (Lipinski definition) is 5. The molecule has 0 saturated heterocycles. The molecule has 0 aliphatic carbocycles. The van der Waals surface area contributed by atoms with Gasteiger partial charge < -0.3 is 19.5 Å². The standard InChI is InChI=1S/C19H20ClNO5/c1-24-14-6-8-15(9-7-14)26-11-3-4-18(22)21-13-5-10-17(20)16(12-13)19(23)25-2/h5-10,12H,3-4,11H2,1-2H3,(H,21,22). The van der Waals surface area contributed by atoms with Gasteiger partial charge in [0.1, 0.15) is 11.5 Å². The maximum absolute atomic E-state index is 12.0. The molecule has 0 bridgehead atoms. The summed E-state index contributed by atoms with van der Waals surface area (Å²) in [6.07, 6.45) is 0.835. The van der Waals surface area contributed by atoms with Gasteiger partial charge >= 0.3 is 5.97 Å². The topological polar surface area (TPSA) is 73.9 Å². The molecule has 6 nitrogen and oxygen atoms in total. The number of carbonyl (C=O) groups excluding carboxylic acids is 2. The maximum atomic E-state index is 12.0. The Kier molecular flexibility index (Phi) is 7.29. The second-order valence-corrected chi connectivity index (χ2v) is 5.77. The third-order valence-corrected chi connectivity index (χ3v) is 3.86. The molecule has 0 aromatic heterocycles. The fraction of sp³-hybridized carbons (Fsp3) is 0.263. The Bertz CT molecular complexity index is 761. The first-order valence-corrected chi connectivity index (χ1v) is 8.36. The molecule has 1 amide bonds. The van der Waals surface area contributed by atoms with Gasteiger partial charge in [0.05, 0.1) is 31.4 Å². The minimum absolute atomic E-state index is 0.179. The van der Waals surface area contributed by atoms with E-state index in [1.165, 1.54) is 19.2 Å². The fourth-order valence-electron chi connectivity index (χ4n) is 2.19. The molecule has 0 spiro atoms. The molecule has 138 valence electrons. The molecule has 0 radical (unpaired) electrons. The van der Waals surface area contributed by atoms with Crippen molar-refractivity contribution in [3.63, 3.8) is 0 Å². The number of methoxy groups -OCH3 is 2. The van der Waals surface area contributed by atoms with Gasteiger partial charge in [-0.2, -0.15) is 0 Å². The Morgan fingerprint density at radius 1 is 1.04 bits per heavy atom. The average molecular weight is 378 g/mol. The molecular weight excluding hydrogens is 358 g/mol. The molecule has 0 atom stereocenters. The van der Waals surface area contributed by atoms with Gasteiger partial charge in [0.25, 0.3) is 0 Å². The molecule has 26 heavy (non-hydrogen) atoms. The fourth-order valence-corrected chi connectivity index (χ4v) is 2.38. The molecule has 0 aliphatic rings. The number of halogens is 1. The van der Waals surface area contributed by atoms with Crippen molar-refractivity contribution in [2.45, 2.75) is 12.8 Å². The van der Waals surface area contributed by atoms with Crippen LogP contribution in [0.4, 0.5) is 5.69 Å². The minimum Gasteiger partial charge on any atom is -0.497 e. The monoisotopic (exact) mass is 377 g/mol. The second-order valence-electron chi connectivity index (χ2n) is 5.36. The number of hydrogen-bond donors (Lipinski definition) is 1. The largest absolute Gasteiger partial charge is 0.497 e. The van der Waals surface area contributed by atoms with Crippen LogP contribution in [0.5, 0.6) is 11.5 Å². The van der Waals surface area contributed by atoms with E-state index in [-0.39, 0.29) is 22.9 Å². The van der Waals surface area contributed by atoms with Crippen LogP contribution in [0.3, 0.4) is 0 Å². The van der Waals surface area contributed by atoms with Gasteiger partial charge in [0, 0.05) is 12.1 Å². The summed E-state index contributed by atoms with van der Waals surface area (Å²) in [5, 5.41) is 2.99. The van der Waals surface area contributed by atoms with Crippen LogP contribution in [0.1, 0.15) is 23.2 Å². The zero-order chi connectivity index (χ0) is 18.9. The highest BCUT2D eigenvalue weighted by atomic mass is 35.5. The molecule has 1 N–H and O–H groups in total. The number of amides is 1. The van der Waals surface area contributed by atoms with E-state index in [9.17, 15) is 9.59 Å². The Balaban J connectivity index is 1.78. The molecule has 0 fully saturated rings. The van der Waals surface area contributed by atoms with E-state index in [4.69, 9.17) is 21.1 Å². The summed E-state index contributed by atoms with van der Waals surface area (Å²) in [6, 6.07) is 11.9. The van der Waals surface area contributed by atoms with E-state index in [1.54, 1.807) is 25.3 Å². The number of ether oxygens (including phenoxy) is 3. The maximum Gasteiger partial charge on any atom is 0.339 e. The molecule has 7 heteroatoms. The first kappa shape index (κ1) is 19.6. The number of rotatable bonds is 8. The van der Waals surface area contributed by atoms with Crippen molar-refractivity contribution in [3.8, 4) is 11.5 Å². The van der Waals surface area contributed by atoms with Crippen molar-refractivity contribution >= 4 is 29.2 Å². The summed E-state index contributed by atoms with van der Waals surface area (Å²) < 4.78 is 15.3. The molecule has 2 rings (SSSR count). The molecule has 0 heterocycles. The third-order valence-electron chi connectivity index (χ3n) is 3.53. The van der Waals surface area contributed by atoms with Gasteiger partial charge in [-0.15, -0.1) is 0 Å². The third kappa shape index (κ3) is 5.67. The van der Waals surface area contributed by atoms with Crippen molar-refractivity contribution in [1.82, 2.24) is 0 Å². The second kappa shape index (κ2) is 9.68. The van der Waals surface area contributed by atoms with Crippen LogP contribution < -0.4 is 14.8 Å². The minimum atomic E-state index is -0.556. The highest BCUT2D eigenvalue weighted by Gasteiger charge is 2.12. The Morgan fingerprint density at radius 2 is 1.73 bits per heavy atom. The summed E-state index contributed by atoms with van der Waals surface area (Å²) in [5.74, 6) is 0.734. The highest BCUT2D eigenvalue weighted by Crippen LogP contribution is 2.22. The summed E-state index contributed by atoms with van der Waals surface area (Å²) in [6.45, 7) is 0.410. The number of carbonyl (C=O) groups is 2. The molecular formula is C19H20ClNO5. The van der Waals surface area contributed by atoms with Gasteiger partial charge in [-0.3, -0.25) is 4.79 Å². The highest BCUT2D eigenvalue weighted by molar-refractivity contribution is 6.33. The van der Waals surface area contributed by atoms with Crippen LogP contribution >= 0.6 is 11.6 Å².